The van der Waals surface area contributed by atoms with Crippen LogP contribution in [0.15, 0.2) is 48.5 Å². The van der Waals surface area contributed by atoms with Crippen molar-refractivity contribution in [1.82, 2.24) is 4.90 Å². The average Bonchev–Trinajstić information content (AvgIpc) is 2.67. The summed E-state index contributed by atoms with van der Waals surface area (Å²) in [6, 6.07) is 15.1. The second-order valence-electron chi connectivity index (χ2n) is 6.63. The van der Waals surface area contributed by atoms with E-state index in [9.17, 15) is 9.90 Å². The molecule has 1 amide bonds. The summed E-state index contributed by atoms with van der Waals surface area (Å²) in [5.74, 6) is 0.431. The van der Waals surface area contributed by atoms with Crippen molar-refractivity contribution in [2.45, 2.75) is 13.0 Å². The number of piperazine rings is 1. The molecule has 1 heterocycles. The first kappa shape index (κ1) is 18.5. The van der Waals surface area contributed by atoms with E-state index in [2.05, 4.69) is 11.8 Å². The van der Waals surface area contributed by atoms with Crippen molar-refractivity contribution in [2.24, 2.45) is 0 Å². The van der Waals surface area contributed by atoms with Crippen molar-refractivity contribution in [3.8, 4) is 5.75 Å². The number of phenolic OH excluding ortho intramolecular Hbond substituents is 1. The van der Waals surface area contributed by atoms with Gasteiger partial charge in [0, 0.05) is 42.5 Å². The third kappa shape index (κ3) is 4.48. The number of carbonyl (C=O) groups is 1. The molecular formula is C20H25ClN3O2+. The Bertz CT molecular complexity index is 743. The van der Waals surface area contributed by atoms with E-state index in [4.69, 9.17) is 11.6 Å². The molecule has 0 unspecified atom stereocenters. The molecule has 0 radical (unpaired) electrons. The summed E-state index contributed by atoms with van der Waals surface area (Å²) in [4.78, 5) is 16.7. The van der Waals surface area contributed by atoms with Gasteiger partial charge in [0.2, 0.25) is 0 Å². The Morgan fingerprint density at radius 1 is 1.12 bits per heavy atom. The highest BCUT2D eigenvalue weighted by atomic mass is 35.5. The molecule has 1 atom stereocenters. The molecule has 0 bridgehead atoms. The minimum Gasteiger partial charge on any atom is -0.508 e. The van der Waals surface area contributed by atoms with Crippen molar-refractivity contribution < 1.29 is 15.2 Å². The lowest BCUT2D eigenvalue weighted by Gasteiger charge is -2.36. The molecule has 2 aromatic carbocycles. The largest absolute Gasteiger partial charge is 0.508 e. The summed E-state index contributed by atoms with van der Waals surface area (Å²) in [6.45, 7) is 5.53. The number of hydrogen-bond donors (Lipinski definition) is 2. The summed E-state index contributed by atoms with van der Waals surface area (Å²) < 4.78 is 0. The normalized spacial score (nSPS) is 15.8. The first-order valence-electron chi connectivity index (χ1n) is 8.94. The molecule has 1 aliphatic heterocycles. The molecule has 26 heavy (non-hydrogen) atoms. The molecule has 3 N–H and O–H groups in total. The number of aromatic hydroxyl groups is 1. The molecule has 6 heteroatoms. The molecular weight excluding hydrogens is 350 g/mol. The van der Waals surface area contributed by atoms with Crippen LogP contribution in [0.4, 0.5) is 5.69 Å². The van der Waals surface area contributed by atoms with Gasteiger partial charge in [-0.15, -0.1) is 0 Å². The quantitative estimate of drug-likeness (QED) is 0.841. The molecule has 0 saturated carbocycles. The molecule has 5 nitrogen and oxygen atoms in total. The van der Waals surface area contributed by atoms with Crippen molar-refractivity contribution >= 4 is 23.2 Å². The van der Waals surface area contributed by atoms with Gasteiger partial charge in [-0.1, -0.05) is 29.8 Å². The monoisotopic (exact) mass is 374 g/mol. The Morgan fingerprint density at radius 3 is 2.42 bits per heavy atom. The van der Waals surface area contributed by atoms with Gasteiger partial charge in [0.05, 0.1) is 0 Å². The number of phenols is 1. The Labute approximate surface area is 159 Å². The van der Waals surface area contributed by atoms with Crippen LogP contribution in [0.3, 0.4) is 0 Å². The molecule has 1 aliphatic rings. The highest BCUT2D eigenvalue weighted by Gasteiger charge is 2.23. The SMILES string of the molecule is C[C@H]([NH2+]CC(=O)N1CCN(c2ccc(O)cc2)CC1)c1ccccc1Cl. The topological polar surface area (TPSA) is 60.4 Å². The van der Waals surface area contributed by atoms with Crippen LogP contribution in [-0.4, -0.2) is 48.6 Å². The maximum atomic E-state index is 12.5. The van der Waals surface area contributed by atoms with Gasteiger partial charge in [-0.25, -0.2) is 0 Å². The lowest BCUT2D eigenvalue weighted by atomic mass is 10.1. The van der Waals surface area contributed by atoms with E-state index in [0.717, 1.165) is 29.4 Å². The van der Waals surface area contributed by atoms with E-state index in [1.165, 1.54) is 0 Å². The Balaban J connectivity index is 1.48. The van der Waals surface area contributed by atoms with E-state index >= 15 is 0 Å². The van der Waals surface area contributed by atoms with Gasteiger partial charge in [-0.2, -0.15) is 0 Å². The number of carbonyl (C=O) groups excluding carboxylic acids is 1. The van der Waals surface area contributed by atoms with E-state index in [1.54, 1.807) is 12.1 Å². The fraction of sp³-hybridized carbons (Fsp3) is 0.350. The summed E-state index contributed by atoms with van der Waals surface area (Å²) in [5.41, 5.74) is 2.13. The minimum atomic E-state index is 0.144. The molecule has 1 saturated heterocycles. The van der Waals surface area contributed by atoms with E-state index in [1.807, 2.05) is 46.6 Å². The second kappa shape index (κ2) is 8.43. The van der Waals surface area contributed by atoms with E-state index in [0.29, 0.717) is 19.6 Å². The fourth-order valence-electron chi connectivity index (χ4n) is 3.26. The van der Waals surface area contributed by atoms with Crippen LogP contribution >= 0.6 is 11.6 Å². The molecule has 2 aromatic rings. The predicted molar refractivity (Wildman–Crippen MR) is 104 cm³/mol. The summed E-state index contributed by atoms with van der Waals surface area (Å²) in [5, 5.41) is 12.2. The summed E-state index contributed by atoms with van der Waals surface area (Å²) in [6.07, 6.45) is 0. The minimum absolute atomic E-state index is 0.144. The third-order valence-electron chi connectivity index (χ3n) is 4.89. The van der Waals surface area contributed by atoms with Crippen LogP contribution in [0, 0.1) is 0 Å². The Morgan fingerprint density at radius 2 is 1.77 bits per heavy atom. The number of benzene rings is 2. The fourth-order valence-corrected chi connectivity index (χ4v) is 3.56. The van der Waals surface area contributed by atoms with Gasteiger partial charge in [0.1, 0.15) is 11.8 Å². The van der Waals surface area contributed by atoms with Gasteiger partial charge in [0.25, 0.3) is 5.91 Å². The number of quaternary nitrogens is 1. The standard InChI is InChI=1S/C20H24ClN3O2/c1-15(18-4-2-3-5-19(18)21)22-14-20(26)24-12-10-23(11-13-24)16-6-8-17(25)9-7-16/h2-9,15,22,25H,10-14H2,1H3/p+1/t15-/m0/s1. The van der Waals surface area contributed by atoms with E-state index < -0.39 is 0 Å². The Kier molecular flexibility index (Phi) is 6.01. The van der Waals surface area contributed by atoms with Crippen LogP contribution in [0.25, 0.3) is 0 Å². The molecule has 0 spiro atoms. The highest BCUT2D eigenvalue weighted by molar-refractivity contribution is 6.31. The molecule has 138 valence electrons. The Hall–Kier alpha value is -2.24. The summed E-state index contributed by atoms with van der Waals surface area (Å²) in [7, 11) is 0. The zero-order chi connectivity index (χ0) is 18.5. The molecule has 0 aromatic heterocycles. The summed E-state index contributed by atoms with van der Waals surface area (Å²) >= 11 is 6.23. The van der Waals surface area contributed by atoms with E-state index in [-0.39, 0.29) is 17.7 Å². The van der Waals surface area contributed by atoms with Crippen LogP contribution in [0.2, 0.25) is 5.02 Å². The van der Waals surface area contributed by atoms with Gasteiger partial charge < -0.3 is 20.2 Å². The number of anilines is 1. The lowest BCUT2D eigenvalue weighted by molar-refractivity contribution is -0.683. The smallest absolute Gasteiger partial charge is 0.277 e. The zero-order valence-electron chi connectivity index (χ0n) is 14.9. The van der Waals surface area contributed by atoms with Crippen LogP contribution in [0.5, 0.6) is 5.75 Å². The molecule has 1 fully saturated rings. The predicted octanol–water partition coefficient (Wildman–Crippen LogP) is 2.02. The van der Waals surface area contributed by atoms with Crippen LogP contribution in [-0.2, 0) is 4.79 Å². The van der Waals surface area contributed by atoms with Crippen LogP contribution in [0.1, 0.15) is 18.5 Å². The zero-order valence-corrected chi connectivity index (χ0v) is 15.7. The maximum Gasteiger partial charge on any atom is 0.277 e. The lowest BCUT2D eigenvalue weighted by Crippen LogP contribution is -2.87. The number of nitrogens with zero attached hydrogens (tertiary/aromatic N) is 2. The van der Waals surface area contributed by atoms with Gasteiger partial charge in [-0.05, 0) is 37.3 Å². The van der Waals surface area contributed by atoms with Gasteiger partial charge in [0.15, 0.2) is 6.54 Å². The van der Waals surface area contributed by atoms with Crippen molar-refractivity contribution in [3.05, 3.63) is 59.1 Å². The van der Waals surface area contributed by atoms with Crippen molar-refractivity contribution in [1.29, 1.82) is 0 Å². The van der Waals surface area contributed by atoms with Crippen molar-refractivity contribution in [3.63, 3.8) is 0 Å². The maximum absolute atomic E-state index is 12.5. The third-order valence-corrected chi connectivity index (χ3v) is 5.23. The van der Waals surface area contributed by atoms with Crippen LogP contribution < -0.4 is 10.2 Å². The molecule has 0 aliphatic carbocycles. The number of hydrogen-bond acceptors (Lipinski definition) is 3. The first-order valence-corrected chi connectivity index (χ1v) is 9.32. The number of halogens is 1. The number of rotatable bonds is 5. The highest BCUT2D eigenvalue weighted by Crippen LogP contribution is 2.20. The molecule has 3 rings (SSSR count). The average molecular weight is 375 g/mol. The van der Waals surface area contributed by atoms with Crippen molar-refractivity contribution in [2.75, 3.05) is 37.6 Å². The second-order valence-corrected chi connectivity index (χ2v) is 7.04. The number of nitrogens with two attached hydrogens (primary N) is 1. The van der Waals surface area contributed by atoms with Gasteiger partial charge >= 0.3 is 0 Å². The van der Waals surface area contributed by atoms with Gasteiger partial charge in [-0.3, -0.25) is 4.79 Å². The number of amides is 1. The first-order chi connectivity index (χ1) is 12.5.